The molecular formula is C21H15F3N4O2. The van der Waals surface area contributed by atoms with Crippen LogP contribution in [0.3, 0.4) is 0 Å². The lowest BCUT2D eigenvalue weighted by atomic mass is 10.1. The van der Waals surface area contributed by atoms with Crippen molar-refractivity contribution in [1.82, 2.24) is 10.2 Å². The minimum absolute atomic E-state index is 0.0730. The van der Waals surface area contributed by atoms with Crippen LogP contribution in [0, 0.1) is 11.3 Å². The molecule has 3 rings (SSSR count). The van der Waals surface area contributed by atoms with Gasteiger partial charge in [0.1, 0.15) is 17.4 Å². The molecule has 3 aromatic rings. The number of aromatic nitrogens is 2. The second-order valence-electron chi connectivity index (χ2n) is 6.13. The number of ether oxygens (including phenoxy) is 1. The van der Waals surface area contributed by atoms with E-state index in [2.05, 4.69) is 15.5 Å². The number of nitrogens with one attached hydrogen (secondary N) is 2. The molecule has 0 aliphatic heterocycles. The Morgan fingerprint density at radius 3 is 2.70 bits per heavy atom. The maximum absolute atomic E-state index is 12.8. The molecule has 1 heterocycles. The lowest BCUT2D eigenvalue weighted by Gasteiger charge is -2.09. The van der Waals surface area contributed by atoms with Gasteiger partial charge in [-0.25, -0.2) is 0 Å². The fraction of sp³-hybridized carbons (Fsp3) is 0.0952. The fourth-order valence-electron chi connectivity index (χ4n) is 2.69. The number of aromatic amines is 1. The Morgan fingerprint density at radius 1 is 1.23 bits per heavy atom. The molecule has 1 aromatic heterocycles. The molecule has 0 spiro atoms. The number of methoxy groups -OCH3 is 1. The zero-order valence-corrected chi connectivity index (χ0v) is 15.6. The first kappa shape index (κ1) is 20.7. The van der Waals surface area contributed by atoms with Crippen molar-refractivity contribution in [3.05, 3.63) is 71.4 Å². The van der Waals surface area contributed by atoms with Gasteiger partial charge in [0.25, 0.3) is 5.91 Å². The Kier molecular flexibility index (Phi) is 5.88. The summed E-state index contributed by atoms with van der Waals surface area (Å²) < 4.78 is 43.7. The first-order valence-electron chi connectivity index (χ1n) is 8.60. The number of carbonyl (C=O) groups excluding carboxylic acids is 1. The van der Waals surface area contributed by atoms with Crippen molar-refractivity contribution in [2.75, 3.05) is 12.4 Å². The number of hydrogen-bond donors (Lipinski definition) is 2. The minimum atomic E-state index is -4.54. The normalized spacial score (nSPS) is 11.6. The number of hydrogen-bond acceptors (Lipinski definition) is 4. The molecule has 0 atom stereocenters. The monoisotopic (exact) mass is 412 g/mol. The van der Waals surface area contributed by atoms with Crippen LogP contribution in [0.2, 0.25) is 0 Å². The van der Waals surface area contributed by atoms with Crippen molar-refractivity contribution in [2.24, 2.45) is 0 Å². The van der Waals surface area contributed by atoms with Crippen LogP contribution in [0.15, 0.2) is 60.3 Å². The molecule has 0 fully saturated rings. The molecule has 0 radical (unpaired) electrons. The van der Waals surface area contributed by atoms with Gasteiger partial charge in [0.05, 0.1) is 24.6 Å². The van der Waals surface area contributed by atoms with Gasteiger partial charge in [0.2, 0.25) is 0 Å². The number of carbonyl (C=O) groups is 1. The molecule has 0 unspecified atom stereocenters. The van der Waals surface area contributed by atoms with Crippen LogP contribution in [-0.2, 0) is 11.0 Å². The number of rotatable bonds is 5. The van der Waals surface area contributed by atoms with Crippen LogP contribution in [0.1, 0.15) is 11.1 Å². The third-order valence-corrected chi connectivity index (χ3v) is 4.14. The predicted molar refractivity (Wildman–Crippen MR) is 104 cm³/mol. The summed E-state index contributed by atoms with van der Waals surface area (Å²) >= 11 is 0. The van der Waals surface area contributed by atoms with E-state index >= 15 is 0 Å². The number of nitriles is 1. The van der Waals surface area contributed by atoms with Gasteiger partial charge in [-0.1, -0.05) is 18.2 Å². The quantitative estimate of drug-likeness (QED) is 0.471. The van der Waals surface area contributed by atoms with E-state index in [4.69, 9.17) is 4.74 Å². The molecule has 30 heavy (non-hydrogen) atoms. The molecule has 2 N–H and O–H groups in total. The van der Waals surface area contributed by atoms with Gasteiger partial charge in [-0.05, 0) is 36.4 Å². The SMILES string of the molecule is COc1cccc(-c2[nH]ncc2/C=C(\C#N)C(=O)Nc2cccc(C(F)(F)F)c2)c1. The maximum atomic E-state index is 12.8. The van der Waals surface area contributed by atoms with Crippen molar-refractivity contribution in [3.63, 3.8) is 0 Å². The van der Waals surface area contributed by atoms with Crippen molar-refractivity contribution < 1.29 is 22.7 Å². The molecule has 2 aromatic carbocycles. The Labute approximate surface area is 169 Å². The van der Waals surface area contributed by atoms with Gasteiger partial charge in [-0.2, -0.15) is 23.5 Å². The van der Waals surface area contributed by atoms with Gasteiger partial charge in [-0.3, -0.25) is 9.89 Å². The zero-order valence-electron chi connectivity index (χ0n) is 15.6. The van der Waals surface area contributed by atoms with Gasteiger partial charge in [0, 0.05) is 16.8 Å². The van der Waals surface area contributed by atoms with E-state index in [1.54, 1.807) is 30.3 Å². The number of alkyl halides is 3. The standard InChI is InChI=1S/C21H15F3N4O2/c1-30-18-7-2-4-13(9-18)19-15(12-26-28-19)8-14(11-25)20(29)27-17-6-3-5-16(10-17)21(22,23)24/h2-10,12H,1H3,(H,26,28)(H,27,29)/b14-8+. The summed E-state index contributed by atoms with van der Waals surface area (Å²) in [6, 6.07) is 13.0. The fourth-order valence-corrected chi connectivity index (χ4v) is 2.69. The van der Waals surface area contributed by atoms with E-state index in [0.717, 1.165) is 12.1 Å². The third kappa shape index (κ3) is 4.67. The molecule has 9 heteroatoms. The minimum Gasteiger partial charge on any atom is -0.497 e. The van der Waals surface area contributed by atoms with E-state index in [9.17, 15) is 23.2 Å². The Bertz CT molecular complexity index is 1140. The molecule has 152 valence electrons. The number of benzene rings is 2. The first-order chi connectivity index (χ1) is 14.3. The summed E-state index contributed by atoms with van der Waals surface area (Å²) in [5, 5.41) is 18.5. The van der Waals surface area contributed by atoms with Crippen molar-refractivity contribution in [3.8, 4) is 23.1 Å². The van der Waals surface area contributed by atoms with Crippen LogP contribution < -0.4 is 10.1 Å². The lowest BCUT2D eigenvalue weighted by molar-refractivity contribution is -0.137. The second kappa shape index (κ2) is 8.53. The molecule has 0 aliphatic rings. The van der Waals surface area contributed by atoms with Crippen LogP contribution in [-0.4, -0.2) is 23.2 Å². The highest BCUT2D eigenvalue weighted by Gasteiger charge is 2.30. The largest absolute Gasteiger partial charge is 0.497 e. The van der Waals surface area contributed by atoms with E-state index in [0.29, 0.717) is 22.6 Å². The molecular weight excluding hydrogens is 397 g/mol. The lowest BCUT2D eigenvalue weighted by Crippen LogP contribution is -2.14. The number of nitrogens with zero attached hydrogens (tertiary/aromatic N) is 2. The third-order valence-electron chi connectivity index (χ3n) is 4.14. The van der Waals surface area contributed by atoms with E-state index in [-0.39, 0.29) is 11.3 Å². The van der Waals surface area contributed by atoms with Gasteiger partial charge in [-0.15, -0.1) is 0 Å². The van der Waals surface area contributed by atoms with Crippen LogP contribution in [0.25, 0.3) is 17.3 Å². The van der Waals surface area contributed by atoms with E-state index in [1.807, 2.05) is 0 Å². The summed E-state index contributed by atoms with van der Waals surface area (Å²) in [6.07, 6.45) is -1.80. The molecule has 1 amide bonds. The molecule has 0 saturated heterocycles. The van der Waals surface area contributed by atoms with Crippen molar-refractivity contribution in [2.45, 2.75) is 6.18 Å². The van der Waals surface area contributed by atoms with Crippen LogP contribution >= 0.6 is 0 Å². The number of halogens is 3. The molecule has 0 saturated carbocycles. The predicted octanol–water partition coefficient (Wildman–Crippen LogP) is 4.65. The molecule has 6 nitrogen and oxygen atoms in total. The average molecular weight is 412 g/mol. The van der Waals surface area contributed by atoms with Gasteiger partial charge < -0.3 is 10.1 Å². The maximum Gasteiger partial charge on any atom is 0.416 e. The smallest absolute Gasteiger partial charge is 0.416 e. The number of H-pyrrole nitrogens is 1. The van der Waals surface area contributed by atoms with Crippen LogP contribution in [0.4, 0.5) is 18.9 Å². The van der Waals surface area contributed by atoms with Gasteiger partial charge >= 0.3 is 6.18 Å². The first-order valence-corrected chi connectivity index (χ1v) is 8.60. The Morgan fingerprint density at radius 2 is 2.00 bits per heavy atom. The molecule has 0 aliphatic carbocycles. The molecule has 0 bridgehead atoms. The summed E-state index contributed by atoms with van der Waals surface area (Å²) in [5.74, 6) is -0.227. The van der Waals surface area contributed by atoms with E-state index < -0.39 is 17.6 Å². The average Bonchev–Trinajstić information content (AvgIpc) is 3.19. The summed E-state index contributed by atoms with van der Waals surface area (Å²) in [5.41, 5.74) is 0.452. The van der Waals surface area contributed by atoms with Gasteiger partial charge in [0.15, 0.2) is 0 Å². The number of amides is 1. The summed E-state index contributed by atoms with van der Waals surface area (Å²) in [4.78, 5) is 12.4. The summed E-state index contributed by atoms with van der Waals surface area (Å²) in [6.45, 7) is 0. The second-order valence-corrected chi connectivity index (χ2v) is 6.13. The zero-order chi connectivity index (χ0) is 21.7. The van der Waals surface area contributed by atoms with Crippen molar-refractivity contribution in [1.29, 1.82) is 5.26 Å². The number of anilines is 1. The highest BCUT2D eigenvalue weighted by atomic mass is 19.4. The topological polar surface area (TPSA) is 90.8 Å². The Balaban J connectivity index is 1.88. The highest BCUT2D eigenvalue weighted by Crippen LogP contribution is 2.31. The summed E-state index contributed by atoms with van der Waals surface area (Å²) in [7, 11) is 1.53. The van der Waals surface area contributed by atoms with Crippen molar-refractivity contribution >= 4 is 17.7 Å². The van der Waals surface area contributed by atoms with E-state index in [1.165, 1.54) is 31.5 Å². The Hall–Kier alpha value is -4.06. The highest BCUT2D eigenvalue weighted by molar-refractivity contribution is 6.10. The van der Waals surface area contributed by atoms with Crippen LogP contribution in [0.5, 0.6) is 5.75 Å².